The SMILES string of the molecule is COc1cc2c(cc1OC)C(COc1ccc(C(C)C)cc1)N(C(=O)C1CC1)CC2. The summed E-state index contributed by atoms with van der Waals surface area (Å²) in [6, 6.07) is 12.2. The van der Waals surface area contributed by atoms with Crippen molar-refractivity contribution < 1.29 is 19.0 Å². The molecule has 1 heterocycles. The second-order valence-corrected chi connectivity index (χ2v) is 8.51. The van der Waals surface area contributed by atoms with Crippen LogP contribution < -0.4 is 14.2 Å². The van der Waals surface area contributed by atoms with Gasteiger partial charge in [0.2, 0.25) is 5.91 Å². The molecular formula is C25H31NO4. The molecule has 0 aromatic heterocycles. The van der Waals surface area contributed by atoms with E-state index < -0.39 is 0 Å². The number of carbonyl (C=O) groups excluding carboxylic acids is 1. The van der Waals surface area contributed by atoms with Crippen LogP contribution >= 0.6 is 0 Å². The molecule has 0 spiro atoms. The zero-order valence-corrected chi connectivity index (χ0v) is 18.3. The Hall–Kier alpha value is -2.69. The number of methoxy groups -OCH3 is 2. The van der Waals surface area contributed by atoms with Gasteiger partial charge in [-0.05, 0) is 66.1 Å². The van der Waals surface area contributed by atoms with Crippen LogP contribution in [-0.2, 0) is 11.2 Å². The summed E-state index contributed by atoms with van der Waals surface area (Å²) in [6.45, 7) is 5.48. The molecule has 5 nitrogen and oxygen atoms in total. The summed E-state index contributed by atoms with van der Waals surface area (Å²) in [4.78, 5) is 15.0. The fraction of sp³-hybridized carbons (Fsp3) is 0.480. The minimum absolute atomic E-state index is 0.133. The first-order valence-corrected chi connectivity index (χ1v) is 10.8. The monoisotopic (exact) mass is 409 g/mol. The third-order valence-electron chi connectivity index (χ3n) is 6.17. The number of amides is 1. The predicted molar refractivity (Wildman–Crippen MR) is 116 cm³/mol. The number of ether oxygens (including phenoxy) is 3. The number of hydrogen-bond donors (Lipinski definition) is 0. The third-order valence-corrected chi connectivity index (χ3v) is 6.17. The summed E-state index contributed by atoms with van der Waals surface area (Å²) < 4.78 is 17.2. The van der Waals surface area contributed by atoms with Gasteiger partial charge in [0, 0.05) is 12.5 Å². The molecule has 1 aliphatic carbocycles. The molecule has 0 saturated heterocycles. The number of carbonyl (C=O) groups is 1. The first kappa shape index (κ1) is 20.6. The van der Waals surface area contributed by atoms with Gasteiger partial charge in [-0.1, -0.05) is 26.0 Å². The molecule has 1 fully saturated rings. The summed E-state index contributed by atoms with van der Waals surface area (Å²) in [5.74, 6) is 3.15. The Morgan fingerprint density at radius 2 is 1.73 bits per heavy atom. The van der Waals surface area contributed by atoms with Crippen molar-refractivity contribution in [2.45, 2.75) is 45.1 Å². The minimum atomic E-state index is -0.133. The first-order valence-electron chi connectivity index (χ1n) is 10.8. The molecule has 2 aromatic carbocycles. The van der Waals surface area contributed by atoms with E-state index in [2.05, 4.69) is 26.0 Å². The van der Waals surface area contributed by atoms with Crippen LogP contribution in [0.1, 0.15) is 55.3 Å². The van der Waals surface area contributed by atoms with Gasteiger partial charge >= 0.3 is 0 Å². The fourth-order valence-electron chi connectivity index (χ4n) is 4.16. The normalized spacial score (nSPS) is 18.2. The highest BCUT2D eigenvalue weighted by Crippen LogP contribution is 2.41. The van der Waals surface area contributed by atoms with E-state index in [9.17, 15) is 4.79 Å². The van der Waals surface area contributed by atoms with Crippen LogP contribution in [0.5, 0.6) is 17.2 Å². The molecule has 0 bridgehead atoms. The molecule has 1 saturated carbocycles. The number of fused-ring (bicyclic) bond motifs is 1. The Bertz CT molecular complexity index is 902. The molecule has 0 radical (unpaired) electrons. The largest absolute Gasteiger partial charge is 0.493 e. The molecule has 1 aliphatic heterocycles. The maximum atomic E-state index is 13.0. The van der Waals surface area contributed by atoms with Gasteiger partial charge in [0.15, 0.2) is 11.5 Å². The van der Waals surface area contributed by atoms with Crippen LogP contribution in [0.2, 0.25) is 0 Å². The highest BCUT2D eigenvalue weighted by atomic mass is 16.5. The molecule has 1 amide bonds. The molecule has 2 aromatic rings. The summed E-state index contributed by atoms with van der Waals surface area (Å²) >= 11 is 0. The zero-order chi connectivity index (χ0) is 21.3. The minimum Gasteiger partial charge on any atom is -0.493 e. The van der Waals surface area contributed by atoms with E-state index in [0.29, 0.717) is 24.8 Å². The van der Waals surface area contributed by atoms with Crippen LogP contribution in [-0.4, -0.2) is 38.2 Å². The Balaban J connectivity index is 1.61. The molecule has 5 heteroatoms. The van der Waals surface area contributed by atoms with E-state index in [1.165, 1.54) is 11.1 Å². The second kappa shape index (κ2) is 8.58. The topological polar surface area (TPSA) is 48.0 Å². The van der Waals surface area contributed by atoms with Crippen molar-refractivity contribution >= 4 is 5.91 Å². The van der Waals surface area contributed by atoms with Gasteiger partial charge in [0.05, 0.1) is 20.3 Å². The molecule has 1 atom stereocenters. The average molecular weight is 410 g/mol. The first-order chi connectivity index (χ1) is 14.5. The van der Waals surface area contributed by atoms with E-state index in [4.69, 9.17) is 14.2 Å². The van der Waals surface area contributed by atoms with Crippen LogP contribution in [0.3, 0.4) is 0 Å². The number of benzene rings is 2. The summed E-state index contributed by atoms with van der Waals surface area (Å²) in [5, 5.41) is 0. The van der Waals surface area contributed by atoms with Gasteiger partial charge in [0.1, 0.15) is 12.4 Å². The van der Waals surface area contributed by atoms with E-state index >= 15 is 0 Å². The van der Waals surface area contributed by atoms with Crippen molar-refractivity contribution in [1.29, 1.82) is 0 Å². The lowest BCUT2D eigenvalue weighted by molar-refractivity contribution is -0.136. The molecule has 30 heavy (non-hydrogen) atoms. The molecule has 2 aliphatic rings. The van der Waals surface area contributed by atoms with Gasteiger partial charge in [0.25, 0.3) is 0 Å². The maximum Gasteiger partial charge on any atom is 0.226 e. The Morgan fingerprint density at radius 3 is 2.33 bits per heavy atom. The number of nitrogens with zero attached hydrogens (tertiary/aromatic N) is 1. The van der Waals surface area contributed by atoms with Crippen LogP contribution in [0, 0.1) is 5.92 Å². The van der Waals surface area contributed by atoms with Crippen LogP contribution in [0.25, 0.3) is 0 Å². The lowest BCUT2D eigenvalue weighted by atomic mass is 9.91. The van der Waals surface area contributed by atoms with Crippen LogP contribution in [0.4, 0.5) is 0 Å². The van der Waals surface area contributed by atoms with Crippen molar-refractivity contribution in [1.82, 2.24) is 4.90 Å². The standard InChI is InChI=1S/C25H31NO4/c1-16(2)17-7-9-20(10-8-17)30-15-22-21-14-24(29-4)23(28-3)13-19(21)11-12-26(22)25(27)18-5-6-18/h7-10,13-14,16,18,22H,5-6,11-12,15H2,1-4H3. The quantitative estimate of drug-likeness (QED) is 0.663. The lowest BCUT2D eigenvalue weighted by Gasteiger charge is -2.38. The van der Waals surface area contributed by atoms with Crippen LogP contribution in [0.15, 0.2) is 36.4 Å². The molecule has 4 rings (SSSR count). The molecule has 0 N–H and O–H groups in total. The average Bonchev–Trinajstić information content (AvgIpc) is 3.61. The molecule has 160 valence electrons. The van der Waals surface area contributed by atoms with Crippen molar-refractivity contribution in [2.24, 2.45) is 5.92 Å². The summed E-state index contributed by atoms with van der Waals surface area (Å²) in [5.41, 5.74) is 3.57. The highest BCUT2D eigenvalue weighted by Gasteiger charge is 2.39. The Labute approximate surface area is 178 Å². The van der Waals surface area contributed by atoms with Crippen molar-refractivity contribution in [2.75, 3.05) is 27.4 Å². The van der Waals surface area contributed by atoms with Gasteiger partial charge in [-0.2, -0.15) is 0 Å². The fourth-order valence-corrected chi connectivity index (χ4v) is 4.16. The highest BCUT2D eigenvalue weighted by molar-refractivity contribution is 5.82. The molecule has 1 unspecified atom stereocenters. The predicted octanol–water partition coefficient (Wildman–Crippen LogP) is 4.74. The van der Waals surface area contributed by atoms with E-state index in [1.54, 1.807) is 14.2 Å². The number of hydrogen-bond acceptors (Lipinski definition) is 4. The van der Waals surface area contributed by atoms with Gasteiger partial charge < -0.3 is 19.1 Å². The van der Waals surface area contributed by atoms with E-state index in [-0.39, 0.29) is 17.9 Å². The summed E-state index contributed by atoms with van der Waals surface area (Å²) in [7, 11) is 3.29. The van der Waals surface area contributed by atoms with E-state index in [0.717, 1.165) is 36.3 Å². The van der Waals surface area contributed by atoms with Gasteiger partial charge in [-0.15, -0.1) is 0 Å². The van der Waals surface area contributed by atoms with Gasteiger partial charge in [-0.3, -0.25) is 4.79 Å². The maximum absolute atomic E-state index is 13.0. The third kappa shape index (κ3) is 4.11. The lowest BCUT2D eigenvalue weighted by Crippen LogP contribution is -2.43. The van der Waals surface area contributed by atoms with Crippen molar-refractivity contribution in [3.63, 3.8) is 0 Å². The summed E-state index contributed by atoms with van der Waals surface area (Å²) in [6.07, 6.45) is 2.81. The molecular weight excluding hydrogens is 378 g/mol. The Kier molecular flexibility index (Phi) is 5.89. The van der Waals surface area contributed by atoms with Crippen molar-refractivity contribution in [3.8, 4) is 17.2 Å². The Morgan fingerprint density at radius 1 is 1.07 bits per heavy atom. The second-order valence-electron chi connectivity index (χ2n) is 8.51. The van der Waals surface area contributed by atoms with E-state index in [1.807, 2.05) is 29.2 Å². The smallest absolute Gasteiger partial charge is 0.226 e. The van der Waals surface area contributed by atoms with Gasteiger partial charge in [-0.25, -0.2) is 0 Å². The number of rotatable bonds is 7. The zero-order valence-electron chi connectivity index (χ0n) is 18.3. The van der Waals surface area contributed by atoms with Crippen molar-refractivity contribution in [3.05, 3.63) is 53.1 Å².